The molecule has 0 amide bonds. The van der Waals surface area contributed by atoms with E-state index in [1.165, 1.54) is 15.1 Å². The van der Waals surface area contributed by atoms with Gasteiger partial charge in [0.05, 0.1) is 3.79 Å². The molecule has 0 spiro atoms. The minimum absolute atomic E-state index is 0.456. The lowest BCUT2D eigenvalue weighted by molar-refractivity contribution is 0.512. The Hall–Kier alpha value is -0.300. The Morgan fingerprint density at radius 2 is 2.31 bits per heavy atom. The van der Waals surface area contributed by atoms with Gasteiger partial charge in [0.25, 0.3) is 0 Å². The van der Waals surface area contributed by atoms with E-state index in [0.29, 0.717) is 6.04 Å². The first-order valence-electron chi connectivity index (χ1n) is 5.66. The molecule has 0 aliphatic heterocycles. The van der Waals surface area contributed by atoms with Gasteiger partial charge in [-0.15, -0.1) is 23.2 Å². The fourth-order valence-corrected chi connectivity index (χ4v) is 3.05. The van der Waals surface area contributed by atoms with Gasteiger partial charge in [0, 0.05) is 17.3 Å². The quantitative estimate of drug-likeness (QED) is 0.770. The lowest BCUT2D eigenvalue weighted by Gasteiger charge is -2.15. The maximum atomic E-state index is 3.58. The minimum atomic E-state index is 0.456. The Morgan fingerprint density at radius 1 is 1.50 bits per heavy atom. The van der Waals surface area contributed by atoms with E-state index in [1.54, 1.807) is 0 Å². The first-order chi connectivity index (χ1) is 7.77. The van der Waals surface area contributed by atoms with Crippen LogP contribution in [0, 0.1) is 11.8 Å². The minimum Gasteiger partial charge on any atom is -0.309 e. The zero-order valence-electron chi connectivity index (χ0n) is 9.85. The highest BCUT2D eigenvalue weighted by Crippen LogP contribution is 2.29. The summed E-state index contributed by atoms with van der Waals surface area (Å²) in [5.41, 5.74) is 0. The van der Waals surface area contributed by atoms with Gasteiger partial charge < -0.3 is 5.32 Å². The lowest BCUT2D eigenvalue weighted by atomic mass is 10.1. The number of rotatable bonds is 6. The zero-order chi connectivity index (χ0) is 11.8. The molecule has 1 aromatic rings. The van der Waals surface area contributed by atoms with E-state index in [4.69, 9.17) is 0 Å². The maximum Gasteiger partial charge on any atom is 0.0701 e. The van der Waals surface area contributed by atoms with Gasteiger partial charge in [-0.2, -0.15) is 0 Å². The fourth-order valence-electron chi connectivity index (χ4n) is 1.52. The van der Waals surface area contributed by atoms with E-state index >= 15 is 0 Å². The second kappa shape index (κ2) is 7.89. The standard InChI is InChI=1S/C13H18BrNS/c1-3-5-6-7-11(15-10-4-2)12-8-9-13(14)16-12/h8-9,11,15H,4,6-7,10H2,1-2H3. The Labute approximate surface area is 111 Å². The van der Waals surface area contributed by atoms with Gasteiger partial charge >= 0.3 is 0 Å². The van der Waals surface area contributed by atoms with Gasteiger partial charge in [0.2, 0.25) is 0 Å². The Balaban J connectivity index is 2.57. The van der Waals surface area contributed by atoms with E-state index in [1.807, 2.05) is 18.3 Å². The van der Waals surface area contributed by atoms with Crippen LogP contribution in [0.4, 0.5) is 0 Å². The number of hydrogen-bond donors (Lipinski definition) is 1. The summed E-state index contributed by atoms with van der Waals surface area (Å²) in [4.78, 5) is 1.40. The van der Waals surface area contributed by atoms with Crippen LogP contribution in [0.1, 0.15) is 44.0 Å². The predicted octanol–water partition coefficient (Wildman–Crippen LogP) is 4.35. The summed E-state index contributed by atoms with van der Waals surface area (Å²) in [7, 11) is 0. The van der Waals surface area contributed by atoms with Crippen molar-refractivity contribution in [1.29, 1.82) is 0 Å². The third-order valence-corrected chi connectivity index (χ3v) is 4.05. The molecule has 0 saturated heterocycles. The molecule has 0 aliphatic carbocycles. The molecule has 1 nitrogen and oxygen atoms in total. The summed E-state index contributed by atoms with van der Waals surface area (Å²) in [6, 6.07) is 4.77. The molecule has 3 heteroatoms. The highest BCUT2D eigenvalue weighted by atomic mass is 79.9. The van der Waals surface area contributed by atoms with Crippen molar-refractivity contribution < 1.29 is 0 Å². The molecule has 1 rings (SSSR count). The van der Waals surface area contributed by atoms with Gasteiger partial charge in [-0.25, -0.2) is 0 Å². The van der Waals surface area contributed by atoms with Crippen molar-refractivity contribution in [2.75, 3.05) is 6.54 Å². The monoisotopic (exact) mass is 299 g/mol. The number of nitrogens with one attached hydrogen (secondary N) is 1. The van der Waals surface area contributed by atoms with Crippen molar-refractivity contribution in [2.24, 2.45) is 0 Å². The van der Waals surface area contributed by atoms with Gasteiger partial charge in [-0.3, -0.25) is 0 Å². The summed E-state index contributed by atoms with van der Waals surface area (Å²) >= 11 is 5.32. The van der Waals surface area contributed by atoms with Crippen molar-refractivity contribution in [3.63, 3.8) is 0 Å². The van der Waals surface area contributed by atoms with E-state index in [-0.39, 0.29) is 0 Å². The predicted molar refractivity (Wildman–Crippen MR) is 75.7 cm³/mol. The molecule has 16 heavy (non-hydrogen) atoms. The van der Waals surface area contributed by atoms with Crippen LogP contribution in [0.2, 0.25) is 0 Å². The molecule has 1 aromatic heterocycles. The largest absolute Gasteiger partial charge is 0.309 e. The Kier molecular flexibility index (Phi) is 6.79. The van der Waals surface area contributed by atoms with Crippen molar-refractivity contribution in [2.45, 2.75) is 39.2 Å². The SMILES string of the molecule is CC#CCCC(NCCC)c1ccc(Br)s1. The van der Waals surface area contributed by atoms with E-state index in [9.17, 15) is 0 Å². The average molecular weight is 300 g/mol. The third kappa shape index (κ3) is 4.69. The summed E-state index contributed by atoms with van der Waals surface area (Å²) < 4.78 is 1.20. The van der Waals surface area contributed by atoms with Crippen LogP contribution in [0.15, 0.2) is 15.9 Å². The normalized spacial score (nSPS) is 11.9. The van der Waals surface area contributed by atoms with E-state index in [2.05, 4.69) is 52.1 Å². The summed E-state index contributed by atoms with van der Waals surface area (Å²) in [5, 5.41) is 3.58. The topological polar surface area (TPSA) is 12.0 Å². The van der Waals surface area contributed by atoms with Crippen LogP contribution >= 0.6 is 27.3 Å². The molecule has 88 valence electrons. The Bertz CT molecular complexity index is 361. The van der Waals surface area contributed by atoms with Crippen molar-refractivity contribution >= 4 is 27.3 Å². The van der Waals surface area contributed by atoms with Crippen LogP contribution in [0.3, 0.4) is 0 Å². The maximum absolute atomic E-state index is 3.58. The van der Waals surface area contributed by atoms with E-state index < -0.39 is 0 Å². The van der Waals surface area contributed by atoms with Gasteiger partial charge in [-0.05, 0) is 54.4 Å². The van der Waals surface area contributed by atoms with Crippen molar-refractivity contribution in [3.05, 3.63) is 20.8 Å². The Morgan fingerprint density at radius 3 is 2.88 bits per heavy atom. The average Bonchev–Trinajstić information content (AvgIpc) is 2.70. The van der Waals surface area contributed by atoms with Gasteiger partial charge in [-0.1, -0.05) is 6.92 Å². The number of hydrogen-bond acceptors (Lipinski definition) is 2. The lowest BCUT2D eigenvalue weighted by Crippen LogP contribution is -2.21. The second-order valence-electron chi connectivity index (χ2n) is 3.61. The highest BCUT2D eigenvalue weighted by molar-refractivity contribution is 9.11. The molecule has 0 radical (unpaired) electrons. The molecule has 1 unspecified atom stereocenters. The van der Waals surface area contributed by atoms with Crippen LogP contribution in [-0.2, 0) is 0 Å². The first kappa shape index (κ1) is 13.8. The molecule has 1 atom stereocenters. The van der Waals surface area contributed by atoms with Gasteiger partial charge in [0.1, 0.15) is 0 Å². The number of thiophene rings is 1. The van der Waals surface area contributed by atoms with Gasteiger partial charge in [0.15, 0.2) is 0 Å². The smallest absolute Gasteiger partial charge is 0.0701 e. The third-order valence-electron chi connectivity index (χ3n) is 2.31. The summed E-state index contributed by atoms with van der Waals surface area (Å²) in [6.07, 6.45) is 3.23. The van der Waals surface area contributed by atoms with Crippen LogP contribution < -0.4 is 5.32 Å². The van der Waals surface area contributed by atoms with Crippen LogP contribution in [-0.4, -0.2) is 6.54 Å². The molecular formula is C13H18BrNS. The first-order valence-corrected chi connectivity index (χ1v) is 7.27. The fraction of sp³-hybridized carbons (Fsp3) is 0.538. The summed E-state index contributed by atoms with van der Waals surface area (Å²) in [6.45, 7) is 5.16. The molecule has 1 N–H and O–H groups in total. The molecular weight excluding hydrogens is 282 g/mol. The molecule has 0 aliphatic rings. The second-order valence-corrected chi connectivity index (χ2v) is 6.11. The van der Waals surface area contributed by atoms with Crippen LogP contribution in [0.25, 0.3) is 0 Å². The zero-order valence-corrected chi connectivity index (χ0v) is 12.2. The molecule has 0 aromatic carbocycles. The molecule has 1 heterocycles. The van der Waals surface area contributed by atoms with Crippen molar-refractivity contribution in [3.8, 4) is 11.8 Å². The van der Waals surface area contributed by atoms with E-state index in [0.717, 1.165) is 19.4 Å². The summed E-state index contributed by atoms with van der Waals surface area (Å²) in [5.74, 6) is 6.09. The highest BCUT2D eigenvalue weighted by Gasteiger charge is 2.11. The molecule has 0 bridgehead atoms. The van der Waals surface area contributed by atoms with Crippen LogP contribution in [0.5, 0.6) is 0 Å². The molecule has 0 fully saturated rings. The number of halogens is 1. The van der Waals surface area contributed by atoms with Crippen molar-refractivity contribution in [1.82, 2.24) is 5.32 Å². The molecule has 0 saturated carbocycles.